The molecule has 2 bridgehead atoms. The van der Waals surface area contributed by atoms with Gasteiger partial charge in [-0.05, 0) is 78.7 Å². The number of aromatic nitrogens is 2. The summed E-state index contributed by atoms with van der Waals surface area (Å²) < 4.78 is 37.7. The van der Waals surface area contributed by atoms with E-state index in [1.165, 1.54) is 0 Å². The summed E-state index contributed by atoms with van der Waals surface area (Å²) >= 11 is 1.97. The molecule has 1 N–H and O–H groups in total. The van der Waals surface area contributed by atoms with Gasteiger partial charge in [-0.15, -0.1) is 0 Å². The lowest BCUT2D eigenvalue weighted by molar-refractivity contribution is 0.107. The summed E-state index contributed by atoms with van der Waals surface area (Å²) in [6.45, 7) is 3.69. The van der Waals surface area contributed by atoms with Crippen molar-refractivity contribution < 1.29 is 18.6 Å². The van der Waals surface area contributed by atoms with E-state index >= 15 is 4.39 Å². The normalized spacial score (nSPS) is 27.0. The van der Waals surface area contributed by atoms with E-state index in [4.69, 9.17) is 14.7 Å². The van der Waals surface area contributed by atoms with Crippen molar-refractivity contribution >= 4 is 39.3 Å². The summed E-state index contributed by atoms with van der Waals surface area (Å²) in [6, 6.07) is 13.9. The van der Waals surface area contributed by atoms with Gasteiger partial charge in [-0.25, -0.2) is 8.78 Å². The molecule has 4 saturated heterocycles. The number of thioether (sulfide) groups is 1. The second-order valence-corrected chi connectivity index (χ2v) is 13.8. The number of aryl methyl sites for hydroxylation is 1. The highest BCUT2D eigenvalue weighted by Crippen LogP contribution is 2.44. The number of aromatic hydroxyl groups is 1. The molecule has 0 spiro atoms. The Morgan fingerprint density at radius 1 is 1.09 bits per heavy atom. The van der Waals surface area contributed by atoms with Crippen LogP contribution in [0.1, 0.15) is 44.6 Å². The Labute approximate surface area is 254 Å². The number of halogens is 2. The number of nitrogens with zero attached hydrogens (tertiary/aromatic N) is 4. The van der Waals surface area contributed by atoms with E-state index in [9.17, 15) is 9.50 Å². The molecule has 8 rings (SSSR count). The third kappa shape index (κ3) is 4.45. The summed E-state index contributed by atoms with van der Waals surface area (Å²) in [6.07, 6.45) is 4.44. The summed E-state index contributed by atoms with van der Waals surface area (Å²) in [4.78, 5) is 14.2. The number of fused-ring (bicyclic) bond motifs is 5. The molecule has 4 aliphatic heterocycles. The molecule has 224 valence electrons. The molecule has 2 unspecified atom stereocenters. The molecule has 5 heterocycles. The zero-order valence-corrected chi connectivity index (χ0v) is 25.2. The Balaban J connectivity index is 1.28. The molecule has 4 fully saturated rings. The second-order valence-electron chi connectivity index (χ2n) is 12.7. The van der Waals surface area contributed by atoms with Gasteiger partial charge in [0.1, 0.15) is 29.9 Å². The van der Waals surface area contributed by atoms with Crippen LogP contribution >= 0.6 is 11.8 Å². The van der Waals surface area contributed by atoms with Gasteiger partial charge in [0.2, 0.25) is 0 Å². The molecule has 3 aromatic carbocycles. The number of anilines is 1. The van der Waals surface area contributed by atoms with Crippen LogP contribution in [0.15, 0.2) is 42.5 Å². The monoisotopic (exact) mass is 602 g/mol. The third-order valence-electron chi connectivity index (χ3n) is 10.2. The number of phenolic OH excluding ortho intramolecular Hbond substituents is 1. The molecule has 43 heavy (non-hydrogen) atoms. The quantitative estimate of drug-likeness (QED) is 0.258. The van der Waals surface area contributed by atoms with Crippen LogP contribution in [0.25, 0.3) is 32.8 Å². The Hall–Kier alpha value is -3.17. The van der Waals surface area contributed by atoms with Gasteiger partial charge in [-0.1, -0.05) is 31.2 Å². The second kappa shape index (κ2) is 10.5. The lowest BCUT2D eigenvalue weighted by Gasteiger charge is -2.36. The highest BCUT2D eigenvalue weighted by Gasteiger charge is 2.49. The van der Waals surface area contributed by atoms with E-state index in [1.54, 1.807) is 12.1 Å². The predicted octanol–water partition coefficient (Wildman–Crippen LogP) is 6.90. The van der Waals surface area contributed by atoms with Crippen molar-refractivity contribution in [2.24, 2.45) is 0 Å². The minimum Gasteiger partial charge on any atom is -0.508 e. The van der Waals surface area contributed by atoms with E-state index in [1.807, 2.05) is 36.0 Å². The smallest absolute Gasteiger partial charge is 0.319 e. The number of hydrogen-bond donors (Lipinski definition) is 1. The fourth-order valence-electron chi connectivity index (χ4n) is 8.21. The van der Waals surface area contributed by atoms with Gasteiger partial charge in [0.25, 0.3) is 0 Å². The Morgan fingerprint density at radius 2 is 1.93 bits per heavy atom. The first-order valence-electron chi connectivity index (χ1n) is 15.6. The average Bonchev–Trinajstić information content (AvgIpc) is 3.61. The topological polar surface area (TPSA) is 61.7 Å². The van der Waals surface area contributed by atoms with E-state index in [2.05, 4.69) is 22.8 Å². The number of benzene rings is 3. The lowest BCUT2D eigenvalue weighted by Crippen LogP contribution is -2.44. The van der Waals surface area contributed by atoms with Gasteiger partial charge in [0, 0.05) is 47.5 Å². The van der Waals surface area contributed by atoms with Crippen molar-refractivity contribution in [1.82, 2.24) is 14.9 Å². The molecule has 6 nitrogen and oxygen atoms in total. The molecule has 0 radical (unpaired) electrons. The number of phenols is 1. The van der Waals surface area contributed by atoms with Crippen LogP contribution in [0.3, 0.4) is 0 Å². The van der Waals surface area contributed by atoms with Crippen LogP contribution < -0.4 is 9.64 Å². The predicted molar refractivity (Wildman–Crippen MR) is 169 cm³/mol. The molecular weight excluding hydrogens is 566 g/mol. The van der Waals surface area contributed by atoms with Crippen LogP contribution in [-0.2, 0) is 6.42 Å². The van der Waals surface area contributed by atoms with Crippen molar-refractivity contribution in [3.63, 3.8) is 0 Å². The molecule has 4 aliphatic rings. The molecule has 4 aromatic rings. The van der Waals surface area contributed by atoms with Gasteiger partial charge in [-0.3, -0.25) is 4.90 Å². The Kier molecular flexibility index (Phi) is 6.67. The highest BCUT2D eigenvalue weighted by atomic mass is 32.2. The molecule has 0 aliphatic carbocycles. The number of rotatable bonds is 6. The third-order valence-corrected chi connectivity index (χ3v) is 11.4. The maximum Gasteiger partial charge on any atom is 0.319 e. The molecule has 1 aromatic heterocycles. The zero-order valence-electron chi connectivity index (χ0n) is 24.4. The maximum atomic E-state index is 16.9. The highest BCUT2D eigenvalue weighted by molar-refractivity contribution is 7.99. The van der Waals surface area contributed by atoms with E-state index < -0.39 is 12.0 Å². The van der Waals surface area contributed by atoms with E-state index in [-0.39, 0.29) is 22.8 Å². The van der Waals surface area contributed by atoms with Crippen molar-refractivity contribution in [2.45, 2.75) is 69.2 Å². The van der Waals surface area contributed by atoms with Gasteiger partial charge in [-0.2, -0.15) is 21.7 Å². The van der Waals surface area contributed by atoms with Crippen molar-refractivity contribution in [1.29, 1.82) is 0 Å². The first kappa shape index (κ1) is 27.4. The number of alkyl halides is 1. The number of hydrogen-bond acceptors (Lipinski definition) is 7. The summed E-state index contributed by atoms with van der Waals surface area (Å²) in [5.41, 5.74) is 1.99. The minimum absolute atomic E-state index is 0.0909. The Bertz CT molecular complexity index is 1720. The molecule has 0 amide bonds. The zero-order chi connectivity index (χ0) is 29.3. The lowest BCUT2D eigenvalue weighted by atomic mass is 9.92. The Morgan fingerprint density at radius 3 is 2.74 bits per heavy atom. The van der Waals surface area contributed by atoms with Gasteiger partial charge >= 0.3 is 6.01 Å². The fourth-order valence-corrected chi connectivity index (χ4v) is 9.55. The molecule has 4 atom stereocenters. The van der Waals surface area contributed by atoms with Gasteiger partial charge in [0.15, 0.2) is 5.82 Å². The summed E-state index contributed by atoms with van der Waals surface area (Å²) in [5.74, 6) is 2.40. The number of ether oxygens (including phenoxy) is 1. The van der Waals surface area contributed by atoms with Crippen LogP contribution in [0.5, 0.6) is 11.8 Å². The van der Waals surface area contributed by atoms with Gasteiger partial charge < -0.3 is 14.7 Å². The maximum absolute atomic E-state index is 16.9. The first-order chi connectivity index (χ1) is 20.9. The van der Waals surface area contributed by atoms with Crippen molar-refractivity contribution in [2.75, 3.05) is 36.1 Å². The summed E-state index contributed by atoms with van der Waals surface area (Å²) in [7, 11) is 0. The fraction of sp³-hybridized carbons (Fsp3) is 0.471. The average molecular weight is 603 g/mol. The van der Waals surface area contributed by atoms with Crippen LogP contribution in [0, 0.1) is 5.82 Å². The molecule has 9 heteroatoms. The first-order valence-corrected chi connectivity index (χ1v) is 16.7. The van der Waals surface area contributed by atoms with Crippen molar-refractivity contribution in [3.05, 3.63) is 53.8 Å². The van der Waals surface area contributed by atoms with E-state index in [0.717, 1.165) is 72.3 Å². The molecular formula is C34H36F2N4O2S. The van der Waals surface area contributed by atoms with Crippen LogP contribution in [0.2, 0.25) is 0 Å². The largest absolute Gasteiger partial charge is 0.508 e. The van der Waals surface area contributed by atoms with Crippen LogP contribution in [-0.4, -0.2) is 75.0 Å². The van der Waals surface area contributed by atoms with Gasteiger partial charge in [0.05, 0.1) is 5.54 Å². The SMILES string of the molecule is CCc1cccc2cc(O)cc(-c3ccc4c(N5C6CCC5CSC6)nc(OC[C@@]56CCCN5C[C@H](F)C6)nc4c3F)c12. The van der Waals surface area contributed by atoms with E-state index in [0.29, 0.717) is 48.2 Å². The van der Waals surface area contributed by atoms with Crippen LogP contribution in [0.4, 0.5) is 14.6 Å². The summed E-state index contributed by atoms with van der Waals surface area (Å²) in [5, 5.41) is 13.1. The molecule has 0 saturated carbocycles. The standard InChI is InChI=1S/C34H36F2N4O2S/c1-2-20-5-3-6-21-13-25(41)14-28(29(20)21)26-9-10-27-31(30(26)36)37-33(38-32(27)40-23-7-8-24(40)18-43-17-23)42-19-34-11-4-12-39(34)16-22(35)15-34/h3,5-6,9-10,13-14,22-24,41H,2,4,7-8,11-12,15-19H2,1H3/t22-,23?,24?,34+/m1/s1. The van der Waals surface area contributed by atoms with Crippen molar-refractivity contribution in [3.8, 4) is 22.9 Å². The minimum atomic E-state index is -0.858.